The molecule has 0 spiro atoms. The molecule has 0 aliphatic heterocycles. The van der Waals surface area contributed by atoms with Crippen LogP contribution < -0.4 is 16.6 Å². The number of carbonyl (C=O) groups excluding carboxylic acids is 2. The number of alkyl carbamates (subject to hydrolysis) is 1. The zero-order valence-corrected chi connectivity index (χ0v) is 12.0. The summed E-state index contributed by atoms with van der Waals surface area (Å²) in [4.78, 5) is 22.9. The molecule has 0 heterocycles. The second-order valence-corrected chi connectivity index (χ2v) is 6.11. The van der Waals surface area contributed by atoms with Gasteiger partial charge in [0.25, 0.3) is 0 Å². The van der Waals surface area contributed by atoms with E-state index in [1.807, 2.05) is 20.8 Å². The van der Waals surface area contributed by atoms with E-state index in [1.54, 1.807) is 0 Å². The summed E-state index contributed by atoms with van der Waals surface area (Å²) in [5.74, 6) is 5.46. The predicted octanol–water partition coefficient (Wildman–Crippen LogP) is 1.31. The second-order valence-electron chi connectivity index (χ2n) is 6.11. The minimum Gasteiger partial charge on any atom is -0.444 e. The molecule has 0 saturated heterocycles. The number of hydrazine groups is 1. The molecule has 6 nitrogen and oxygen atoms in total. The van der Waals surface area contributed by atoms with Gasteiger partial charge in [-0.3, -0.25) is 10.2 Å². The highest BCUT2D eigenvalue weighted by atomic mass is 16.6. The first-order valence-corrected chi connectivity index (χ1v) is 6.79. The Morgan fingerprint density at radius 1 is 1.21 bits per heavy atom. The number of hydrogen-bond acceptors (Lipinski definition) is 4. The molecule has 6 heteroatoms. The topological polar surface area (TPSA) is 93.4 Å². The van der Waals surface area contributed by atoms with Crippen LogP contribution in [0.2, 0.25) is 0 Å². The molecule has 4 N–H and O–H groups in total. The van der Waals surface area contributed by atoms with Crippen LogP contribution in [-0.4, -0.2) is 24.1 Å². The van der Waals surface area contributed by atoms with E-state index in [1.165, 1.54) is 0 Å². The van der Waals surface area contributed by atoms with Crippen molar-refractivity contribution in [3.8, 4) is 0 Å². The summed E-state index contributed by atoms with van der Waals surface area (Å²) in [7, 11) is 0. The standard InChI is InChI=1S/C13H25N3O3/c1-13(2,3)19-12(18)15-8-9-4-6-10(7-5-9)11(17)16-14/h9-10H,4-8,14H2,1-3H3,(H,15,18)(H,16,17). The van der Waals surface area contributed by atoms with Crippen molar-refractivity contribution < 1.29 is 14.3 Å². The summed E-state index contributed by atoms with van der Waals surface area (Å²) < 4.78 is 5.17. The number of nitrogens with two attached hydrogens (primary N) is 1. The molecule has 1 fully saturated rings. The Labute approximate surface area is 114 Å². The molecule has 1 rings (SSSR count). The van der Waals surface area contributed by atoms with Gasteiger partial charge in [0.1, 0.15) is 5.60 Å². The largest absolute Gasteiger partial charge is 0.444 e. The lowest BCUT2D eigenvalue weighted by Gasteiger charge is -2.28. The molecular formula is C13H25N3O3. The highest BCUT2D eigenvalue weighted by Crippen LogP contribution is 2.28. The minimum absolute atomic E-state index is 0.0165. The van der Waals surface area contributed by atoms with Gasteiger partial charge >= 0.3 is 6.09 Å². The van der Waals surface area contributed by atoms with E-state index in [0.717, 1.165) is 25.7 Å². The average molecular weight is 271 g/mol. The van der Waals surface area contributed by atoms with Gasteiger partial charge in [0, 0.05) is 12.5 Å². The molecule has 0 aromatic carbocycles. The number of nitrogens with one attached hydrogen (secondary N) is 2. The molecule has 0 unspecified atom stereocenters. The Balaban J connectivity index is 2.23. The Bertz CT molecular complexity index is 318. The van der Waals surface area contributed by atoms with Crippen molar-refractivity contribution in [1.82, 2.24) is 10.7 Å². The Hall–Kier alpha value is -1.30. The molecule has 0 aromatic heterocycles. The highest BCUT2D eigenvalue weighted by molar-refractivity contribution is 5.78. The molecule has 0 atom stereocenters. The minimum atomic E-state index is -0.471. The van der Waals surface area contributed by atoms with E-state index < -0.39 is 5.60 Å². The van der Waals surface area contributed by atoms with E-state index in [0.29, 0.717) is 12.5 Å². The Morgan fingerprint density at radius 3 is 2.26 bits per heavy atom. The molecular weight excluding hydrogens is 246 g/mol. The SMILES string of the molecule is CC(C)(C)OC(=O)NCC1CCC(C(=O)NN)CC1. The third-order valence-corrected chi connectivity index (χ3v) is 3.29. The fraction of sp³-hybridized carbons (Fsp3) is 0.846. The van der Waals surface area contributed by atoms with Gasteiger partial charge in [0.05, 0.1) is 0 Å². The van der Waals surface area contributed by atoms with Gasteiger partial charge in [-0.25, -0.2) is 10.6 Å². The monoisotopic (exact) mass is 271 g/mol. The van der Waals surface area contributed by atoms with Crippen LogP contribution in [0, 0.1) is 11.8 Å². The summed E-state index contributed by atoms with van der Waals surface area (Å²) in [5, 5.41) is 2.78. The third kappa shape index (κ3) is 5.92. The number of ether oxygens (including phenoxy) is 1. The summed E-state index contributed by atoms with van der Waals surface area (Å²) >= 11 is 0. The van der Waals surface area contributed by atoms with Gasteiger partial charge in [0.15, 0.2) is 0 Å². The number of amides is 2. The van der Waals surface area contributed by atoms with Crippen LogP contribution in [0.15, 0.2) is 0 Å². The van der Waals surface area contributed by atoms with E-state index in [2.05, 4.69) is 10.7 Å². The van der Waals surface area contributed by atoms with E-state index in [-0.39, 0.29) is 17.9 Å². The van der Waals surface area contributed by atoms with Crippen LogP contribution in [0.1, 0.15) is 46.5 Å². The lowest BCUT2D eigenvalue weighted by atomic mass is 9.81. The van der Waals surface area contributed by atoms with E-state index in [4.69, 9.17) is 10.6 Å². The van der Waals surface area contributed by atoms with Crippen molar-refractivity contribution in [3.05, 3.63) is 0 Å². The maximum absolute atomic E-state index is 11.5. The quantitative estimate of drug-likeness (QED) is 0.410. The van der Waals surface area contributed by atoms with Gasteiger partial charge in [-0.15, -0.1) is 0 Å². The van der Waals surface area contributed by atoms with E-state index in [9.17, 15) is 9.59 Å². The molecule has 110 valence electrons. The summed E-state index contributed by atoms with van der Waals surface area (Å²) in [6, 6.07) is 0. The van der Waals surface area contributed by atoms with E-state index >= 15 is 0 Å². The fourth-order valence-corrected chi connectivity index (χ4v) is 2.29. The van der Waals surface area contributed by atoms with Gasteiger partial charge in [-0.05, 0) is 52.4 Å². The zero-order chi connectivity index (χ0) is 14.5. The molecule has 19 heavy (non-hydrogen) atoms. The summed E-state index contributed by atoms with van der Waals surface area (Å²) in [6.45, 7) is 6.11. The summed E-state index contributed by atoms with van der Waals surface area (Å²) in [6.07, 6.45) is 3.11. The zero-order valence-electron chi connectivity index (χ0n) is 12.0. The van der Waals surface area contributed by atoms with Crippen LogP contribution in [0.4, 0.5) is 4.79 Å². The molecule has 0 aromatic rings. The first-order valence-electron chi connectivity index (χ1n) is 6.79. The van der Waals surface area contributed by atoms with Crippen molar-refractivity contribution >= 4 is 12.0 Å². The van der Waals surface area contributed by atoms with Crippen LogP contribution in [0.25, 0.3) is 0 Å². The van der Waals surface area contributed by atoms with Gasteiger partial charge < -0.3 is 10.1 Å². The Morgan fingerprint density at radius 2 is 1.79 bits per heavy atom. The third-order valence-electron chi connectivity index (χ3n) is 3.29. The molecule has 1 saturated carbocycles. The van der Waals surface area contributed by atoms with Crippen molar-refractivity contribution in [2.75, 3.05) is 6.54 Å². The predicted molar refractivity (Wildman–Crippen MR) is 72.0 cm³/mol. The number of hydrogen-bond donors (Lipinski definition) is 3. The van der Waals surface area contributed by atoms with Crippen molar-refractivity contribution in [1.29, 1.82) is 0 Å². The maximum Gasteiger partial charge on any atom is 0.407 e. The number of rotatable bonds is 3. The van der Waals surface area contributed by atoms with Crippen LogP contribution in [0.5, 0.6) is 0 Å². The van der Waals surface area contributed by atoms with Crippen molar-refractivity contribution in [2.45, 2.75) is 52.1 Å². The normalized spacial score (nSPS) is 23.6. The maximum atomic E-state index is 11.5. The first kappa shape index (κ1) is 15.8. The lowest BCUT2D eigenvalue weighted by Crippen LogP contribution is -2.39. The first-order chi connectivity index (χ1) is 8.81. The summed E-state index contributed by atoms with van der Waals surface area (Å²) in [5.41, 5.74) is 1.73. The molecule has 0 bridgehead atoms. The average Bonchev–Trinajstić information content (AvgIpc) is 2.34. The molecule has 0 radical (unpaired) electrons. The van der Waals surface area contributed by atoms with Gasteiger partial charge in [0.2, 0.25) is 5.91 Å². The van der Waals surface area contributed by atoms with Crippen molar-refractivity contribution in [2.24, 2.45) is 17.7 Å². The van der Waals surface area contributed by atoms with Gasteiger partial charge in [-0.2, -0.15) is 0 Å². The van der Waals surface area contributed by atoms with Crippen LogP contribution >= 0.6 is 0 Å². The highest BCUT2D eigenvalue weighted by Gasteiger charge is 2.26. The molecule has 1 aliphatic carbocycles. The molecule has 1 aliphatic rings. The fourth-order valence-electron chi connectivity index (χ4n) is 2.29. The number of carbonyl (C=O) groups is 2. The van der Waals surface area contributed by atoms with Crippen LogP contribution in [-0.2, 0) is 9.53 Å². The second kappa shape index (κ2) is 6.75. The smallest absolute Gasteiger partial charge is 0.407 e. The van der Waals surface area contributed by atoms with Crippen LogP contribution in [0.3, 0.4) is 0 Å². The lowest BCUT2D eigenvalue weighted by molar-refractivity contribution is -0.126. The Kier molecular flexibility index (Phi) is 5.60. The van der Waals surface area contributed by atoms with Gasteiger partial charge in [-0.1, -0.05) is 0 Å². The molecule has 2 amide bonds. The van der Waals surface area contributed by atoms with Crippen molar-refractivity contribution in [3.63, 3.8) is 0 Å².